The smallest absolute Gasteiger partial charge is 0.411 e. The minimum absolute atomic E-state index is 0.00824. The first-order valence-electron chi connectivity index (χ1n) is 6.32. The average molecular weight is 251 g/mol. The third-order valence-corrected chi connectivity index (χ3v) is 3.11. The van der Waals surface area contributed by atoms with Crippen molar-refractivity contribution in [3.05, 3.63) is 18.0 Å². The normalized spacial score (nSPS) is 23.7. The summed E-state index contributed by atoms with van der Waals surface area (Å²) in [4.78, 5) is 14.0. The summed E-state index contributed by atoms with van der Waals surface area (Å²) in [6.07, 6.45) is 1.52. The van der Waals surface area contributed by atoms with E-state index in [1.807, 2.05) is 45.4 Å². The zero-order valence-corrected chi connectivity index (χ0v) is 11.7. The van der Waals surface area contributed by atoms with E-state index in [1.165, 1.54) is 0 Å². The van der Waals surface area contributed by atoms with Crippen molar-refractivity contribution in [2.45, 2.75) is 58.8 Å². The van der Waals surface area contributed by atoms with Crippen LogP contribution in [-0.2, 0) is 11.3 Å². The van der Waals surface area contributed by atoms with Crippen LogP contribution in [0.2, 0.25) is 0 Å². The zero-order valence-electron chi connectivity index (χ0n) is 11.7. The third kappa shape index (κ3) is 2.35. The molecule has 0 saturated carbocycles. The Morgan fingerprint density at radius 2 is 2.11 bits per heavy atom. The van der Waals surface area contributed by atoms with Gasteiger partial charge in [-0.15, -0.1) is 0 Å². The molecule has 2 atom stereocenters. The van der Waals surface area contributed by atoms with Crippen LogP contribution in [0.15, 0.2) is 12.3 Å². The lowest BCUT2D eigenvalue weighted by Crippen LogP contribution is -2.48. The van der Waals surface area contributed by atoms with Crippen LogP contribution in [0.1, 0.15) is 46.4 Å². The lowest BCUT2D eigenvalue weighted by Gasteiger charge is -2.39. The first-order chi connectivity index (χ1) is 8.29. The SMILES string of the molecule is CC1Cn2nccc2C(C)N1C(=O)OC(C)(C)C. The van der Waals surface area contributed by atoms with Gasteiger partial charge in [0.25, 0.3) is 0 Å². The maximum atomic E-state index is 12.2. The van der Waals surface area contributed by atoms with Crippen LogP contribution in [0.5, 0.6) is 0 Å². The molecule has 1 amide bonds. The maximum Gasteiger partial charge on any atom is 0.411 e. The van der Waals surface area contributed by atoms with Crippen molar-refractivity contribution in [3.63, 3.8) is 0 Å². The summed E-state index contributed by atoms with van der Waals surface area (Å²) in [6, 6.07) is 2.03. The second kappa shape index (κ2) is 4.30. The lowest BCUT2D eigenvalue weighted by molar-refractivity contribution is -0.000303. The highest BCUT2D eigenvalue weighted by atomic mass is 16.6. The van der Waals surface area contributed by atoms with E-state index in [-0.39, 0.29) is 18.2 Å². The Kier molecular flexibility index (Phi) is 3.09. The Labute approximate surface area is 108 Å². The lowest BCUT2D eigenvalue weighted by atomic mass is 10.1. The van der Waals surface area contributed by atoms with E-state index < -0.39 is 5.60 Å². The van der Waals surface area contributed by atoms with Gasteiger partial charge in [0.05, 0.1) is 24.3 Å². The molecule has 1 aromatic heterocycles. The second-order valence-corrected chi connectivity index (χ2v) is 5.85. The molecule has 0 radical (unpaired) electrons. The fourth-order valence-electron chi connectivity index (χ4n) is 2.37. The van der Waals surface area contributed by atoms with Gasteiger partial charge < -0.3 is 4.74 Å². The first-order valence-corrected chi connectivity index (χ1v) is 6.32. The highest BCUT2D eigenvalue weighted by molar-refractivity contribution is 5.69. The Bertz CT molecular complexity index is 447. The number of aromatic nitrogens is 2. The van der Waals surface area contributed by atoms with Gasteiger partial charge in [0.1, 0.15) is 5.60 Å². The van der Waals surface area contributed by atoms with Gasteiger partial charge in [-0.05, 0) is 40.7 Å². The van der Waals surface area contributed by atoms with Gasteiger partial charge in [-0.25, -0.2) is 4.79 Å². The number of hydrogen-bond acceptors (Lipinski definition) is 3. The van der Waals surface area contributed by atoms with E-state index in [1.54, 1.807) is 11.1 Å². The second-order valence-electron chi connectivity index (χ2n) is 5.85. The van der Waals surface area contributed by atoms with Crippen LogP contribution in [0.25, 0.3) is 0 Å². The van der Waals surface area contributed by atoms with Gasteiger partial charge in [0.2, 0.25) is 0 Å². The number of fused-ring (bicyclic) bond motifs is 1. The summed E-state index contributed by atoms with van der Waals surface area (Å²) in [6.45, 7) is 10.4. The molecular weight excluding hydrogens is 230 g/mol. The molecule has 0 spiro atoms. The number of ether oxygens (including phenoxy) is 1. The summed E-state index contributed by atoms with van der Waals surface area (Å²) in [5.74, 6) is 0. The molecule has 0 fully saturated rings. The number of carbonyl (C=O) groups is 1. The van der Waals surface area contributed by atoms with Crippen LogP contribution < -0.4 is 0 Å². The summed E-state index contributed by atoms with van der Waals surface area (Å²) < 4.78 is 7.42. The van der Waals surface area contributed by atoms with Gasteiger partial charge in [-0.3, -0.25) is 9.58 Å². The molecule has 18 heavy (non-hydrogen) atoms. The highest BCUT2D eigenvalue weighted by Crippen LogP contribution is 2.29. The van der Waals surface area contributed by atoms with E-state index in [2.05, 4.69) is 5.10 Å². The molecule has 0 saturated heterocycles. The fraction of sp³-hybridized carbons (Fsp3) is 0.692. The molecule has 100 valence electrons. The molecule has 1 aromatic rings. The van der Waals surface area contributed by atoms with Gasteiger partial charge in [0.15, 0.2) is 0 Å². The average Bonchev–Trinajstić information content (AvgIpc) is 2.62. The van der Waals surface area contributed by atoms with E-state index in [9.17, 15) is 4.79 Å². The van der Waals surface area contributed by atoms with E-state index in [0.717, 1.165) is 5.69 Å². The van der Waals surface area contributed by atoms with Crippen molar-refractivity contribution in [3.8, 4) is 0 Å². The monoisotopic (exact) mass is 251 g/mol. The highest BCUT2D eigenvalue weighted by Gasteiger charge is 2.35. The van der Waals surface area contributed by atoms with Crippen LogP contribution in [0.4, 0.5) is 4.79 Å². The number of amides is 1. The molecule has 0 N–H and O–H groups in total. The molecule has 1 aliphatic rings. The Morgan fingerprint density at radius 3 is 2.72 bits per heavy atom. The predicted octanol–water partition coefficient (Wildman–Crippen LogP) is 2.58. The van der Waals surface area contributed by atoms with E-state index in [4.69, 9.17) is 4.74 Å². The number of carbonyl (C=O) groups excluding carboxylic acids is 1. The summed E-state index contributed by atoms with van der Waals surface area (Å²) in [5, 5.41) is 4.26. The number of hydrogen-bond donors (Lipinski definition) is 0. The van der Waals surface area contributed by atoms with Crippen LogP contribution in [0.3, 0.4) is 0 Å². The van der Waals surface area contributed by atoms with Crippen molar-refractivity contribution in [2.75, 3.05) is 0 Å². The number of nitrogens with zero attached hydrogens (tertiary/aromatic N) is 3. The molecule has 2 unspecified atom stereocenters. The van der Waals surface area contributed by atoms with Crippen molar-refractivity contribution < 1.29 is 9.53 Å². The van der Waals surface area contributed by atoms with Crippen LogP contribution in [0, 0.1) is 0 Å². The maximum absolute atomic E-state index is 12.2. The van der Waals surface area contributed by atoms with E-state index >= 15 is 0 Å². The number of rotatable bonds is 0. The van der Waals surface area contributed by atoms with Gasteiger partial charge >= 0.3 is 6.09 Å². The Balaban J connectivity index is 2.21. The molecule has 5 heteroatoms. The molecule has 0 aliphatic carbocycles. The summed E-state index contributed by atoms with van der Waals surface area (Å²) in [7, 11) is 0. The molecule has 2 rings (SSSR count). The summed E-state index contributed by atoms with van der Waals surface area (Å²) in [5.41, 5.74) is 0.591. The van der Waals surface area contributed by atoms with Gasteiger partial charge in [0, 0.05) is 6.20 Å². The fourth-order valence-corrected chi connectivity index (χ4v) is 2.37. The van der Waals surface area contributed by atoms with Crippen molar-refractivity contribution in [1.29, 1.82) is 0 Å². The Morgan fingerprint density at radius 1 is 1.44 bits per heavy atom. The van der Waals surface area contributed by atoms with Gasteiger partial charge in [-0.1, -0.05) is 0 Å². The quantitative estimate of drug-likeness (QED) is 0.712. The summed E-state index contributed by atoms with van der Waals surface area (Å²) >= 11 is 0. The molecule has 1 aliphatic heterocycles. The molecular formula is C13H21N3O2. The van der Waals surface area contributed by atoms with Crippen molar-refractivity contribution in [2.24, 2.45) is 0 Å². The zero-order chi connectivity index (χ0) is 13.5. The standard InChI is InChI=1S/C13H21N3O2/c1-9-8-15-11(6-7-14-15)10(2)16(9)12(17)18-13(3,4)5/h6-7,9-10H,8H2,1-5H3. The third-order valence-electron chi connectivity index (χ3n) is 3.11. The van der Waals surface area contributed by atoms with Crippen molar-refractivity contribution in [1.82, 2.24) is 14.7 Å². The van der Waals surface area contributed by atoms with Crippen molar-refractivity contribution >= 4 is 6.09 Å². The topological polar surface area (TPSA) is 47.4 Å². The molecule has 0 bridgehead atoms. The van der Waals surface area contributed by atoms with Gasteiger partial charge in [-0.2, -0.15) is 5.10 Å². The minimum Gasteiger partial charge on any atom is -0.444 e. The van der Waals surface area contributed by atoms with Crippen LogP contribution >= 0.6 is 0 Å². The van der Waals surface area contributed by atoms with Crippen LogP contribution in [-0.4, -0.2) is 32.4 Å². The van der Waals surface area contributed by atoms with E-state index in [0.29, 0.717) is 6.54 Å². The predicted molar refractivity (Wildman–Crippen MR) is 68.2 cm³/mol. The first kappa shape index (κ1) is 12.9. The molecule has 5 nitrogen and oxygen atoms in total. The Hall–Kier alpha value is -1.52. The minimum atomic E-state index is -0.464. The largest absolute Gasteiger partial charge is 0.444 e. The molecule has 2 heterocycles. The molecule has 0 aromatic carbocycles.